The summed E-state index contributed by atoms with van der Waals surface area (Å²) in [6.07, 6.45) is 3.54. The summed E-state index contributed by atoms with van der Waals surface area (Å²) in [4.78, 5) is 38.5. The van der Waals surface area contributed by atoms with E-state index in [-0.39, 0.29) is 24.3 Å². The molecule has 2 aliphatic rings. The minimum absolute atomic E-state index is 0.0884. The first-order valence-corrected chi connectivity index (χ1v) is 8.85. The van der Waals surface area contributed by atoms with Crippen molar-refractivity contribution in [2.45, 2.75) is 52.0 Å². The van der Waals surface area contributed by atoms with Crippen LogP contribution in [0.3, 0.4) is 0 Å². The molecule has 2 atom stereocenters. The molecule has 1 saturated heterocycles. The van der Waals surface area contributed by atoms with E-state index in [2.05, 4.69) is 10.6 Å². The molecule has 4 amide bonds. The molecule has 6 heteroatoms. The fourth-order valence-electron chi connectivity index (χ4n) is 3.80. The van der Waals surface area contributed by atoms with E-state index in [9.17, 15) is 14.4 Å². The summed E-state index contributed by atoms with van der Waals surface area (Å²) in [6, 6.07) is 5.16. The van der Waals surface area contributed by atoms with Crippen LogP contribution in [0.15, 0.2) is 18.2 Å². The van der Waals surface area contributed by atoms with Crippen molar-refractivity contribution in [2.75, 3.05) is 11.9 Å². The van der Waals surface area contributed by atoms with Crippen LogP contribution >= 0.6 is 0 Å². The Morgan fingerprint density at radius 3 is 2.72 bits per heavy atom. The third kappa shape index (κ3) is 3.13. The van der Waals surface area contributed by atoms with Crippen molar-refractivity contribution in [2.24, 2.45) is 5.92 Å². The van der Waals surface area contributed by atoms with Crippen molar-refractivity contribution < 1.29 is 14.4 Å². The molecule has 1 aliphatic heterocycles. The zero-order chi connectivity index (χ0) is 18.2. The maximum absolute atomic E-state index is 12.9. The predicted molar refractivity (Wildman–Crippen MR) is 95.2 cm³/mol. The highest BCUT2D eigenvalue weighted by molar-refractivity contribution is 6.10. The number of amides is 4. The van der Waals surface area contributed by atoms with Crippen LogP contribution in [0.25, 0.3) is 0 Å². The van der Waals surface area contributed by atoms with Gasteiger partial charge in [0, 0.05) is 5.69 Å². The zero-order valence-electron chi connectivity index (χ0n) is 15.0. The molecular weight excluding hydrogens is 318 g/mol. The van der Waals surface area contributed by atoms with Gasteiger partial charge in [0.25, 0.3) is 5.91 Å². The second kappa shape index (κ2) is 6.50. The number of hydrogen-bond acceptors (Lipinski definition) is 3. The first-order chi connectivity index (χ1) is 11.8. The lowest BCUT2D eigenvalue weighted by Gasteiger charge is -2.36. The number of carbonyl (C=O) groups excluding carboxylic acids is 3. The van der Waals surface area contributed by atoms with Crippen LogP contribution in [0.1, 0.15) is 43.7 Å². The number of rotatable bonds is 3. The normalized spacial score (nSPS) is 26.0. The number of nitrogens with zero attached hydrogens (tertiary/aromatic N) is 1. The van der Waals surface area contributed by atoms with Gasteiger partial charge in [-0.05, 0) is 55.9 Å². The highest BCUT2D eigenvalue weighted by atomic mass is 16.2. The van der Waals surface area contributed by atoms with Gasteiger partial charge in [0.1, 0.15) is 12.1 Å². The van der Waals surface area contributed by atoms with E-state index in [0.717, 1.165) is 35.3 Å². The summed E-state index contributed by atoms with van der Waals surface area (Å²) in [6.45, 7) is 5.71. The lowest BCUT2D eigenvalue weighted by molar-refractivity contribution is -0.136. The van der Waals surface area contributed by atoms with Crippen molar-refractivity contribution in [1.82, 2.24) is 10.2 Å². The number of imide groups is 1. The third-order valence-electron chi connectivity index (χ3n) is 5.59. The number of urea groups is 1. The van der Waals surface area contributed by atoms with Gasteiger partial charge in [-0.15, -0.1) is 0 Å². The van der Waals surface area contributed by atoms with Crippen LogP contribution < -0.4 is 10.6 Å². The predicted octanol–water partition coefficient (Wildman–Crippen LogP) is 2.74. The summed E-state index contributed by atoms with van der Waals surface area (Å²) in [5.41, 5.74) is 2.06. The van der Waals surface area contributed by atoms with Crippen LogP contribution in [0.5, 0.6) is 0 Å². The average Bonchev–Trinajstić information content (AvgIpc) is 2.79. The topological polar surface area (TPSA) is 78.5 Å². The summed E-state index contributed by atoms with van der Waals surface area (Å²) in [5.74, 6) is -0.544. The zero-order valence-corrected chi connectivity index (χ0v) is 15.0. The molecule has 6 nitrogen and oxygen atoms in total. The number of carbonyl (C=O) groups is 3. The molecule has 3 rings (SSSR count). The van der Waals surface area contributed by atoms with Gasteiger partial charge in [-0.3, -0.25) is 14.5 Å². The molecule has 0 aromatic heterocycles. The van der Waals surface area contributed by atoms with Gasteiger partial charge < -0.3 is 10.6 Å². The number of anilines is 1. The van der Waals surface area contributed by atoms with E-state index in [1.54, 1.807) is 0 Å². The Morgan fingerprint density at radius 2 is 2.04 bits per heavy atom. The molecule has 1 heterocycles. The monoisotopic (exact) mass is 343 g/mol. The Hall–Kier alpha value is -2.37. The van der Waals surface area contributed by atoms with Crippen molar-refractivity contribution in [1.29, 1.82) is 0 Å². The van der Waals surface area contributed by atoms with Crippen molar-refractivity contribution in [3.05, 3.63) is 29.3 Å². The molecule has 134 valence electrons. The standard InChI is InChI=1S/C19H25N3O3/c1-12-7-8-15(10-13(12)2)20-16(23)11-22-17(24)19(21-18(22)25)9-5-4-6-14(19)3/h7-8,10,14H,4-6,9,11H2,1-3H3,(H,20,23)(H,21,25)/t14-,19+/m0/s1. The lowest BCUT2D eigenvalue weighted by atomic mass is 9.73. The van der Waals surface area contributed by atoms with Crippen LogP contribution in [0.4, 0.5) is 10.5 Å². The second-order valence-corrected chi connectivity index (χ2v) is 7.29. The highest BCUT2D eigenvalue weighted by Gasteiger charge is 2.55. The summed E-state index contributed by atoms with van der Waals surface area (Å²) >= 11 is 0. The quantitative estimate of drug-likeness (QED) is 0.828. The molecular formula is C19H25N3O3. The number of hydrogen-bond donors (Lipinski definition) is 2. The van der Waals surface area contributed by atoms with Gasteiger partial charge in [-0.2, -0.15) is 0 Å². The average molecular weight is 343 g/mol. The largest absolute Gasteiger partial charge is 0.325 e. The van der Waals surface area contributed by atoms with Crippen LogP contribution in [0, 0.1) is 19.8 Å². The second-order valence-electron chi connectivity index (χ2n) is 7.29. The summed E-state index contributed by atoms with van der Waals surface area (Å²) in [7, 11) is 0. The maximum Gasteiger partial charge on any atom is 0.325 e. The van der Waals surface area contributed by atoms with E-state index in [4.69, 9.17) is 0 Å². The lowest BCUT2D eigenvalue weighted by Crippen LogP contribution is -2.54. The van der Waals surface area contributed by atoms with E-state index in [0.29, 0.717) is 12.1 Å². The summed E-state index contributed by atoms with van der Waals surface area (Å²) in [5, 5.41) is 5.63. The van der Waals surface area contributed by atoms with Crippen molar-refractivity contribution in [3.63, 3.8) is 0 Å². The van der Waals surface area contributed by atoms with Gasteiger partial charge >= 0.3 is 6.03 Å². The molecule has 1 aliphatic carbocycles. The van der Waals surface area contributed by atoms with E-state index >= 15 is 0 Å². The Morgan fingerprint density at radius 1 is 1.28 bits per heavy atom. The van der Waals surface area contributed by atoms with E-state index in [1.165, 1.54) is 0 Å². The SMILES string of the molecule is Cc1ccc(NC(=O)CN2C(=O)N[C@@]3(CCCC[C@@H]3C)C2=O)cc1C. The molecule has 0 radical (unpaired) electrons. The minimum atomic E-state index is -0.823. The Kier molecular flexibility index (Phi) is 4.54. The molecule has 1 saturated carbocycles. The molecule has 2 fully saturated rings. The number of aryl methyl sites for hydroxylation is 2. The van der Waals surface area contributed by atoms with E-state index in [1.807, 2.05) is 39.0 Å². The first-order valence-electron chi connectivity index (χ1n) is 8.85. The Balaban J connectivity index is 1.69. The van der Waals surface area contributed by atoms with Gasteiger partial charge in [0.05, 0.1) is 0 Å². The first kappa shape index (κ1) is 17.5. The molecule has 25 heavy (non-hydrogen) atoms. The fourth-order valence-corrected chi connectivity index (χ4v) is 3.80. The highest BCUT2D eigenvalue weighted by Crippen LogP contribution is 2.38. The smallest absolute Gasteiger partial charge is 0.325 e. The van der Waals surface area contributed by atoms with Gasteiger partial charge in [0.2, 0.25) is 5.91 Å². The minimum Gasteiger partial charge on any atom is -0.325 e. The van der Waals surface area contributed by atoms with Crippen molar-refractivity contribution >= 4 is 23.5 Å². The Labute approximate surface area is 148 Å². The Bertz CT molecular complexity index is 731. The summed E-state index contributed by atoms with van der Waals surface area (Å²) < 4.78 is 0. The third-order valence-corrected chi connectivity index (χ3v) is 5.59. The van der Waals surface area contributed by atoms with Gasteiger partial charge in [0.15, 0.2) is 0 Å². The molecule has 1 spiro atoms. The van der Waals surface area contributed by atoms with Crippen LogP contribution in [-0.2, 0) is 9.59 Å². The molecule has 2 N–H and O–H groups in total. The van der Waals surface area contributed by atoms with Gasteiger partial charge in [-0.1, -0.05) is 25.8 Å². The number of nitrogens with one attached hydrogen (secondary N) is 2. The van der Waals surface area contributed by atoms with Crippen LogP contribution in [0.2, 0.25) is 0 Å². The molecule has 0 unspecified atom stereocenters. The molecule has 1 aromatic rings. The van der Waals surface area contributed by atoms with Gasteiger partial charge in [-0.25, -0.2) is 4.79 Å². The van der Waals surface area contributed by atoms with Crippen LogP contribution in [-0.4, -0.2) is 34.8 Å². The van der Waals surface area contributed by atoms with E-state index < -0.39 is 11.6 Å². The molecule has 1 aromatic carbocycles. The fraction of sp³-hybridized carbons (Fsp3) is 0.526. The molecule has 0 bridgehead atoms. The maximum atomic E-state index is 12.9. The van der Waals surface area contributed by atoms with Crippen molar-refractivity contribution in [3.8, 4) is 0 Å². The number of benzene rings is 1.